The lowest BCUT2D eigenvalue weighted by Gasteiger charge is -2.33. The van der Waals surface area contributed by atoms with Crippen LogP contribution in [-0.2, 0) is 10.0 Å². The van der Waals surface area contributed by atoms with Crippen LogP contribution in [0, 0.1) is 0 Å². The van der Waals surface area contributed by atoms with E-state index in [1.165, 1.54) is 0 Å². The van der Waals surface area contributed by atoms with Crippen LogP contribution in [0.25, 0.3) is 0 Å². The van der Waals surface area contributed by atoms with Crippen LogP contribution in [0.4, 0.5) is 0 Å². The first-order chi connectivity index (χ1) is 7.26. The number of nitrogens with two attached hydrogens (primary N) is 1. The van der Waals surface area contributed by atoms with Gasteiger partial charge in [-0.2, -0.15) is 0 Å². The Balaban J connectivity index is 2.71. The summed E-state index contributed by atoms with van der Waals surface area (Å²) in [4.78, 5) is 0. The molecule has 1 saturated carbocycles. The number of nitrogens with one attached hydrogen (secondary N) is 1. The van der Waals surface area contributed by atoms with E-state index in [9.17, 15) is 8.42 Å². The molecule has 0 aromatic rings. The van der Waals surface area contributed by atoms with Gasteiger partial charge in [0.05, 0.1) is 5.25 Å². The molecule has 0 spiro atoms. The maximum Gasteiger partial charge on any atom is 0.215 e. The standard InChI is InChI=1S/C11H24N2O2S/c1-9(12)11(2,3)13-16(14,15)10-7-5-4-6-8-10/h9-10,13H,4-8,12H2,1-3H3. The Morgan fingerprint density at radius 2 is 1.75 bits per heavy atom. The first-order valence-corrected chi connectivity index (χ1v) is 7.59. The van der Waals surface area contributed by atoms with Gasteiger partial charge in [0.15, 0.2) is 0 Å². The molecule has 1 fully saturated rings. The number of hydrogen-bond donors (Lipinski definition) is 2. The zero-order valence-corrected chi connectivity index (χ0v) is 11.3. The first kappa shape index (κ1) is 13.9. The van der Waals surface area contributed by atoms with E-state index in [0.717, 1.165) is 32.1 Å². The lowest BCUT2D eigenvalue weighted by atomic mass is 9.99. The predicted octanol–water partition coefficient (Wildman–Crippen LogP) is 1.36. The van der Waals surface area contributed by atoms with Gasteiger partial charge in [0.25, 0.3) is 0 Å². The number of rotatable bonds is 4. The summed E-state index contributed by atoms with van der Waals surface area (Å²) in [6, 6.07) is -0.203. The molecule has 96 valence electrons. The SMILES string of the molecule is CC(N)C(C)(C)NS(=O)(=O)C1CCCCC1. The van der Waals surface area contributed by atoms with Gasteiger partial charge in [0, 0.05) is 11.6 Å². The van der Waals surface area contributed by atoms with E-state index in [2.05, 4.69) is 4.72 Å². The molecule has 0 amide bonds. The fourth-order valence-corrected chi connectivity index (χ4v) is 3.96. The van der Waals surface area contributed by atoms with Crippen molar-refractivity contribution < 1.29 is 8.42 Å². The van der Waals surface area contributed by atoms with Crippen molar-refractivity contribution >= 4 is 10.0 Å². The Hall–Kier alpha value is -0.130. The van der Waals surface area contributed by atoms with Gasteiger partial charge in [0.1, 0.15) is 0 Å². The summed E-state index contributed by atoms with van der Waals surface area (Å²) in [7, 11) is -3.22. The third kappa shape index (κ3) is 3.43. The molecular weight excluding hydrogens is 224 g/mol. The molecular formula is C11H24N2O2S. The fraction of sp³-hybridized carbons (Fsp3) is 1.00. The molecule has 1 unspecified atom stereocenters. The highest BCUT2D eigenvalue weighted by atomic mass is 32.2. The van der Waals surface area contributed by atoms with Crippen molar-refractivity contribution in [2.45, 2.75) is 69.7 Å². The highest BCUT2D eigenvalue weighted by Crippen LogP contribution is 2.24. The van der Waals surface area contributed by atoms with Crippen molar-refractivity contribution in [2.24, 2.45) is 5.73 Å². The molecule has 0 radical (unpaired) electrons. The van der Waals surface area contributed by atoms with E-state index >= 15 is 0 Å². The molecule has 3 N–H and O–H groups in total. The Morgan fingerprint density at radius 3 is 2.19 bits per heavy atom. The van der Waals surface area contributed by atoms with Crippen molar-refractivity contribution in [1.82, 2.24) is 4.72 Å². The van der Waals surface area contributed by atoms with Gasteiger partial charge in [-0.1, -0.05) is 19.3 Å². The molecule has 1 aliphatic carbocycles. The topological polar surface area (TPSA) is 72.2 Å². The normalized spacial score (nSPS) is 22.0. The molecule has 4 nitrogen and oxygen atoms in total. The smallest absolute Gasteiger partial charge is 0.215 e. The minimum absolute atomic E-state index is 0.203. The van der Waals surface area contributed by atoms with Gasteiger partial charge in [0.2, 0.25) is 10.0 Å². The van der Waals surface area contributed by atoms with Crippen LogP contribution in [0.5, 0.6) is 0 Å². The fourth-order valence-electron chi connectivity index (χ4n) is 1.92. The van der Waals surface area contributed by atoms with Crippen molar-refractivity contribution in [1.29, 1.82) is 0 Å². The van der Waals surface area contributed by atoms with E-state index in [1.54, 1.807) is 0 Å². The summed E-state index contributed by atoms with van der Waals surface area (Å²) in [5, 5.41) is -0.223. The van der Waals surface area contributed by atoms with E-state index in [0.29, 0.717) is 0 Å². The minimum atomic E-state index is -3.22. The zero-order valence-electron chi connectivity index (χ0n) is 10.5. The second-order valence-corrected chi connectivity index (χ2v) is 7.38. The van der Waals surface area contributed by atoms with Crippen LogP contribution < -0.4 is 10.5 Å². The van der Waals surface area contributed by atoms with Crippen LogP contribution in [0.1, 0.15) is 52.9 Å². The van der Waals surface area contributed by atoms with Gasteiger partial charge in [-0.15, -0.1) is 0 Å². The van der Waals surface area contributed by atoms with E-state index in [-0.39, 0.29) is 11.3 Å². The van der Waals surface area contributed by atoms with Gasteiger partial charge in [-0.05, 0) is 33.6 Å². The first-order valence-electron chi connectivity index (χ1n) is 6.04. The minimum Gasteiger partial charge on any atom is -0.326 e. The average molecular weight is 248 g/mol. The highest BCUT2D eigenvalue weighted by Gasteiger charge is 2.34. The molecule has 1 aliphatic rings. The van der Waals surface area contributed by atoms with Crippen molar-refractivity contribution in [3.05, 3.63) is 0 Å². The molecule has 1 rings (SSSR count). The van der Waals surface area contributed by atoms with Gasteiger partial charge >= 0.3 is 0 Å². The quantitative estimate of drug-likeness (QED) is 0.789. The predicted molar refractivity (Wildman–Crippen MR) is 66.7 cm³/mol. The van der Waals surface area contributed by atoms with Crippen molar-refractivity contribution in [2.75, 3.05) is 0 Å². The van der Waals surface area contributed by atoms with Crippen LogP contribution in [0.2, 0.25) is 0 Å². The van der Waals surface area contributed by atoms with E-state index < -0.39 is 15.6 Å². The van der Waals surface area contributed by atoms with E-state index in [4.69, 9.17) is 5.73 Å². The summed E-state index contributed by atoms with van der Waals surface area (Å²) in [5.74, 6) is 0. The Labute approximate surface area is 99.0 Å². The third-order valence-electron chi connectivity index (χ3n) is 3.53. The molecule has 0 aliphatic heterocycles. The molecule has 0 bridgehead atoms. The lowest BCUT2D eigenvalue weighted by Crippen LogP contribution is -2.56. The third-order valence-corrected chi connectivity index (χ3v) is 5.69. The highest BCUT2D eigenvalue weighted by molar-refractivity contribution is 7.90. The summed E-state index contributed by atoms with van der Waals surface area (Å²) < 4.78 is 27.0. The molecule has 0 saturated heterocycles. The van der Waals surface area contributed by atoms with Gasteiger partial charge in [-0.3, -0.25) is 0 Å². The maximum atomic E-state index is 12.1. The summed E-state index contributed by atoms with van der Waals surface area (Å²) in [6.07, 6.45) is 4.76. The lowest BCUT2D eigenvalue weighted by molar-refractivity contribution is 0.379. The molecule has 16 heavy (non-hydrogen) atoms. The maximum absolute atomic E-state index is 12.1. The molecule has 0 aromatic heterocycles. The average Bonchev–Trinajstić information content (AvgIpc) is 2.17. The zero-order chi connectivity index (χ0) is 12.4. The van der Waals surface area contributed by atoms with Crippen molar-refractivity contribution in [3.8, 4) is 0 Å². The second kappa shape index (κ2) is 5.02. The molecule has 0 aromatic carbocycles. The summed E-state index contributed by atoms with van der Waals surface area (Å²) in [6.45, 7) is 5.49. The summed E-state index contributed by atoms with van der Waals surface area (Å²) >= 11 is 0. The Bertz CT molecular complexity index is 317. The van der Waals surface area contributed by atoms with Crippen molar-refractivity contribution in [3.63, 3.8) is 0 Å². The molecule has 0 heterocycles. The number of hydrogen-bond acceptors (Lipinski definition) is 3. The largest absolute Gasteiger partial charge is 0.326 e. The van der Waals surface area contributed by atoms with Crippen LogP contribution in [0.3, 0.4) is 0 Å². The van der Waals surface area contributed by atoms with Crippen LogP contribution in [0.15, 0.2) is 0 Å². The molecule has 1 atom stereocenters. The number of sulfonamides is 1. The van der Waals surface area contributed by atoms with Crippen LogP contribution in [-0.4, -0.2) is 25.2 Å². The molecule has 5 heteroatoms. The van der Waals surface area contributed by atoms with Gasteiger partial charge < -0.3 is 5.73 Å². The van der Waals surface area contributed by atoms with E-state index in [1.807, 2.05) is 20.8 Å². The van der Waals surface area contributed by atoms with Gasteiger partial charge in [-0.25, -0.2) is 13.1 Å². The van der Waals surface area contributed by atoms with Crippen LogP contribution >= 0.6 is 0 Å². The monoisotopic (exact) mass is 248 g/mol. The summed E-state index contributed by atoms with van der Waals surface area (Å²) in [5.41, 5.74) is 5.21. The Kier molecular flexibility index (Phi) is 4.37. The second-order valence-electron chi connectivity index (χ2n) is 5.42. The Morgan fingerprint density at radius 1 is 1.25 bits per heavy atom.